The van der Waals surface area contributed by atoms with Crippen molar-refractivity contribution >= 4 is 5.69 Å². The maximum atomic E-state index is 13.7. The van der Waals surface area contributed by atoms with Gasteiger partial charge >= 0.3 is 0 Å². The summed E-state index contributed by atoms with van der Waals surface area (Å²) in [6, 6.07) is 17.0. The van der Waals surface area contributed by atoms with E-state index in [4.69, 9.17) is 5.26 Å². The van der Waals surface area contributed by atoms with Gasteiger partial charge in [-0.25, -0.2) is 4.39 Å². The van der Waals surface area contributed by atoms with Crippen LogP contribution in [0.25, 0.3) is 0 Å². The van der Waals surface area contributed by atoms with Gasteiger partial charge in [0.1, 0.15) is 5.82 Å². The fourth-order valence-corrected chi connectivity index (χ4v) is 2.32. The van der Waals surface area contributed by atoms with Gasteiger partial charge in [-0.3, -0.25) is 0 Å². The van der Waals surface area contributed by atoms with E-state index in [1.807, 2.05) is 24.3 Å². The molecule has 3 rings (SSSR count). The van der Waals surface area contributed by atoms with Crippen molar-refractivity contribution in [3.05, 3.63) is 65.5 Å². The van der Waals surface area contributed by atoms with Crippen molar-refractivity contribution in [1.29, 1.82) is 5.26 Å². The highest BCUT2D eigenvalue weighted by Gasteiger charge is 2.38. The molecule has 2 nitrogen and oxygen atoms in total. The van der Waals surface area contributed by atoms with Crippen LogP contribution in [0.5, 0.6) is 0 Å². The Kier molecular flexibility index (Phi) is 2.92. The number of anilines is 1. The number of hydrogen-bond donors (Lipinski definition) is 1. The summed E-state index contributed by atoms with van der Waals surface area (Å²) in [6.07, 6.45) is 1.02. The lowest BCUT2D eigenvalue weighted by Crippen LogP contribution is -2.06. The summed E-state index contributed by atoms with van der Waals surface area (Å²) >= 11 is 0. The molecule has 0 spiro atoms. The summed E-state index contributed by atoms with van der Waals surface area (Å²) < 4.78 is 13.7. The van der Waals surface area contributed by atoms with Gasteiger partial charge in [0.25, 0.3) is 0 Å². The Morgan fingerprint density at radius 3 is 2.63 bits per heavy atom. The van der Waals surface area contributed by atoms with E-state index < -0.39 is 0 Å². The molecule has 1 N–H and O–H groups in total. The van der Waals surface area contributed by atoms with Crippen molar-refractivity contribution in [1.82, 2.24) is 0 Å². The second-order valence-corrected chi connectivity index (χ2v) is 4.81. The second kappa shape index (κ2) is 4.74. The van der Waals surface area contributed by atoms with Gasteiger partial charge in [0.15, 0.2) is 0 Å². The average molecular weight is 252 g/mol. The number of nitrogens with one attached hydrogen (secondary N) is 1. The summed E-state index contributed by atoms with van der Waals surface area (Å²) in [6.45, 7) is 0. The third kappa shape index (κ3) is 2.43. The topological polar surface area (TPSA) is 35.8 Å². The first-order valence-corrected chi connectivity index (χ1v) is 6.29. The molecule has 0 aromatic heterocycles. The molecule has 2 aromatic rings. The lowest BCUT2D eigenvalue weighted by atomic mass is 10.1. The first-order valence-electron chi connectivity index (χ1n) is 6.29. The van der Waals surface area contributed by atoms with E-state index in [0.717, 1.165) is 6.42 Å². The number of nitriles is 1. The van der Waals surface area contributed by atoms with E-state index in [0.29, 0.717) is 17.2 Å². The molecule has 2 atom stereocenters. The number of nitrogens with zero attached hydrogens (tertiary/aromatic N) is 1. The normalized spacial score (nSPS) is 20.6. The molecular formula is C16H13FN2. The smallest absolute Gasteiger partial charge is 0.147 e. The second-order valence-electron chi connectivity index (χ2n) is 4.81. The molecule has 2 aromatic carbocycles. The summed E-state index contributed by atoms with van der Waals surface area (Å²) in [5.41, 5.74) is 2.11. The van der Waals surface area contributed by atoms with Gasteiger partial charge in [-0.15, -0.1) is 0 Å². The van der Waals surface area contributed by atoms with Gasteiger partial charge in [-0.05, 0) is 30.2 Å². The Balaban J connectivity index is 1.70. The fourth-order valence-electron chi connectivity index (χ4n) is 2.32. The van der Waals surface area contributed by atoms with E-state index in [9.17, 15) is 4.39 Å². The van der Waals surface area contributed by atoms with Crippen LogP contribution < -0.4 is 5.32 Å². The maximum Gasteiger partial charge on any atom is 0.147 e. The first-order chi connectivity index (χ1) is 9.28. The molecule has 0 aliphatic heterocycles. The molecule has 1 aliphatic carbocycles. The van der Waals surface area contributed by atoms with E-state index >= 15 is 0 Å². The highest BCUT2D eigenvalue weighted by atomic mass is 19.1. The zero-order chi connectivity index (χ0) is 13.2. The third-order valence-corrected chi connectivity index (χ3v) is 3.46. The van der Waals surface area contributed by atoms with Gasteiger partial charge in [-0.2, -0.15) is 5.26 Å². The highest BCUT2D eigenvalue weighted by Crippen LogP contribution is 2.42. The molecule has 0 amide bonds. The molecule has 1 fully saturated rings. The highest BCUT2D eigenvalue weighted by molar-refractivity contribution is 5.51. The van der Waals surface area contributed by atoms with Gasteiger partial charge in [0.05, 0.1) is 17.3 Å². The van der Waals surface area contributed by atoms with Crippen molar-refractivity contribution in [2.24, 2.45) is 0 Å². The molecule has 0 bridgehead atoms. The fraction of sp³-hybridized carbons (Fsp3) is 0.188. The molecule has 2 unspecified atom stereocenters. The largest absolute Gasteiger partial charge is 0.379 e. The van der Waals surface area contributed by atoms with Gasteiger partial charge < -0.3 is 5.32 Å². The van der Waals surface area contributed by atoms with Crippen LogP contribution in [0.2, 0.25) is 0 Å². The molecule has 1 aliphatic rings. The Labute approximate surface area is 111 Å². The number of hydrogen-bond acceptors (Lipinski definition) is 2. The van der Waals surface area contributed by atoms with Gasteiger partial charge in [0, 0.05) is 12.0 Å². The Bertz CT molecular complexity index is 631. The van der Waals surface area contributed by atoms with E-state index in [1.54, 1.807) is 12.1 Å². The lowest BCUT2D eigenvalue weighted by molar-refractivity contribution is 0.629. The van der Waals surface area contributed by atoms with Crippen molar-refractivity contribution < 1.29 is 4.39 Å². The number of halogens is 1. The molecule has 0 heterocycles. The minimum absolute atomic E-state index is 0.282. The van der Waals surface area contributed by atoms with E-state index in [2.05, 4.69) is 17.4 Å². The average Bonchev–Trinajstić information content (AvgIpc) is 3.21. The van der Waals surface area contributed by atoms with Crippen LogP contribution in [0, 0.1) is 17.1 Å². The zero-order valence-electron chi connectivity index (χ0n) is 10.3. The molecule has 94 valence electrons. The number of rotatable bonds is 3. The van der Waals surface area contributed by atoms with E-state index in [1.165, 1.54) is 11.6 Å². The predicted molar refractivity (Wildman–Crippen MR) is 72.3 cm³/mol. The first kappa shape index (κ1) is 11.7. The monoisotopic (exact) mass is 252 g/mol. The SMILES string of the molecule is N#Cc1ccc(NC2CC2c2ccccc2)c(F)c1. The summed E-state index contributed by atoms with van der Waals surface area (Å²) in [5.74, 6) is 0.0917. The van der Waals surface area contributed by atoms with Crippen LogP contribution in [0.15, 0.2) is 48.5 Å². The molecule has 0 radical (unpaired) electrons. The third-order valence-electron chi connectivity index (χ3n) is 3.46. The quantitative estimate of drug-likeness (QED) is 0.904. The van der Waals surface area contributed by atoms with Crippen LogP contribution in [0.1, 0.15) is 23.5 Å². The summed E-state index contributed by atoms with van der Waals surface area (Å²) in [5, 5.41) is 11.9. The summed E-state index contributed by atoms with van der Waals surface area (Å²) in [4.78, 5) is 0. The summed E-state index contributed by atoms with van der Waals surface area (Å²) in [7, 11) is 0. The Hall–Kier alpha value is -2.34. The van der Waals surface area contributed by atoms with Crippen molar-refractivity contribution in [3.63, 3.8) is 0 Å². The number of benzene rings is 2. The Morgan fingerprint density at radius 2 is 1.95 bits per heavy atom. The van der Waals surface area contributed by atoms with Gasteiger partial charge in [0.2, 0.25) is 0 Å². The molecule has 0 saturated heterocycles. The minimum Gasteiger partial charge on any atom is -0.379 e. The molecule has 19 heavy (non-hydrogen) atoms. The van der Waals surface area contributed by atoms with Crippen LogP contribution in [-0.2, 0) is 0 Å². The zero-order valence-corrected chi connectivity index (χ0v) is 10.3. The lowest BCUT2D eigenvalue weighted by Gasteiger charge is -2.07. The van der Waals surface area contributed by atoms with E-state index in [-0.39, 0.29) is 11.9 Å². The Morgan fingerprint density at radius 1 is 1.16 bits per heavy atom. The van der Waals surface area contributed by atoms with Gasteiger partial charge in [-0.1, -0.05) is 30.3 Å². The van der Waals surface area contributed by atoms with Crippen LogP contribution in [0.3, 0.4) is 0 Å². The van der Waals surface area contributed by atoms with Crippen molar-refractivity contribution in [2.75, 3.05) is 5.32 Å². The van der Waals surface area contributed by atoms with Crippen LogP contribution in [-0.4, -0.2) is 6.04 Å². The molecule has 3 heteroatoms. The molecular weight excluding hydrogens is 239 g/mol. The van der Waals surface area contributed by atoms with Crippen LogP contribution in [0.4, 0.5) is 10.1 Å². The maximum absolute atomic E-state index is 13.7. The van der Waals surface area contributed by atoms with Crippen molar-refractivity contribution in [3.8, 4) is 6.07 Å². The van der Waals surface area contributed by atoms with Crippen molar-refractivity contribution in [2.45, 2.75) is 18.4 Å². The predicted octanol–water partition coefficient (Wildman–Crippen LogP) is 3.67. The standard InChI is InChI=1S/C16H13FN2/c17-14-8-11(10-18)6-7-15(14)19-16-9-13(16)12-4-2-1-3-5-12/h1-8,13,16,19H,9H2. The van der Waals surface area contributed by atoms with Crippen LogP contribution >= 0.6 is 0 Å². The minimum atomic E-state index is -0.363. The molecule has 1 saturated carbocycles.